The molecule has 23 heavy (non-hydrogen) atoms. The molecule has 122 valence electrons. The molecular weight excluding hydrogens is 292 g/mol. The van der Waals surface area contributed by atoms with Crippen molar-refractivity contribution in [3.8, 4) is 11.4 Å². The number of nitrogens with zero attached hydrogens (tertiary/aromatic N) is 3. The number of hydrogen-bond donors (Lipinski definition) is 1. The van der Waals surface area contributed by atoms with Gasteiger partial charge in [-0.1, -0.05) is 29.8 Å². The second-order valence-corrected chi connectivity index (χ2v) is 5.96. The first-order valence-electron chi connectivity index (χ1n) is 8.09. The standard InChI is InChI=1S/C17H22N4O2/c1-13(22)18-11-16-19-17(20-23-16)15-7-5-6-14(10-15)12-21-8-3-2-4-9-21/h5-7,10H,2-4,8-9,11-12H2,1H3,(H,18,22). The molecule has 1 amide bonds. The van der Waals surface area contributed by atoms with Crippen LogP contribution in [-0.2, 0) is 17.9 Å². The Kier molecular flexibility index (Phi) is 5.02. The number of benzene rings is 1. The molecule has 0 radical (unpaired) electrons. The molecule has 0 saturated carbocycles. The van der Waals surface area contributed by atoms with Crippen molar-refractivity contribution in [2.75, 3.05) is 13.1 Å². The first-order valence-corrected chi connectivity index (χ1v) is 8.09. The Hall–Kier alpha value is -2.21. The largest absolute Gasteiger partial charge is 0.347 e. The minimum atomic E-state index is -0.117. The fraction of sp³-hybridized carbons (Fsp3) is 0.471. The molecule has 0 atom stereocenters. The topological polar surface area (TPSA) is 71.3 Å². The van der Waals surface area contributed by atoms with Gasteiger partial charge < -0.3 is 9.84 Å². The molecule has 1 aromatic carbocycles. The predicted molar refractivity (Wildman–Crippen MR) is 86.4 cm³/mol. The second kappa shape index (κ2) is 7.37. The zero-order valence-electron chi connectivity index (χ0n) is 13.4. The van der Waals surface area contributed by atoms with Gasteiger partial charge in [-0.15, -0.1) is 0 Å². The summed E-state index contributed by atoms with van der Waals surface area (Å²) in [5, 5.41) is 6.65. The van der Waals surface area contributed by atoms with E-state index in [2.05, 4.69) is 32.5 Å². The van der Waals surface area contributed by atoms with Gasteiger partial charge in [-0.3, -0.25) is 9.69 Å². The third-order valence-electron chi connectivity index (χ3n) is 4.00. The maximum absolute atomic E-state index is 10.9. The molecule has 1 aromatic heterocycles. The maximum atomic E-state index is 10.9. The molecular formula is C17H22N4O2. The van der Waals surface area contributed by atoms with Crippen LogP contribution in [0.1, 0.15) is 37.6 Å². The second-order valence-electron chi connectivity index (χ2n) is 5.96. The number of carbonyl (C=O) groups excluding carboxylic acids is 1. The zero-order valence-corrected chi connectivity index (χ0v) is 13.4. The van der Waals surface area contributed by atoms with Crippen molar-refractivity contribution < 1.29 is 9.32 Å². The summed E-state index contributed by atoms with van der Waals surface area (Å²) in [6.07, 6.45) is 3.92. The molecule has 0 bridgehead atoms. The van der Waals surface area contributed by atoms with Gasteiger partial charge in [0.15, 0.2) is 0 Å². The molecule has 1 N–H and O–H groups in total. The molecule has 1 aliphatic heterocycles. The number of likely N-dealkylation sites (tertiary alicyclic amines) is 1. The molecule has 6 nitrogen and oxygen atoms in total. The monoisotopic (exact) mass is 314 g/mol. The van der Waals surface area contributed by atoms with Gasteiger partial charge in [-0.25, -0.2) is 0 Å². The molecule has 1 saturated heterocycles. The van der Waals surface area contributed by atoms with E-state index in [1.807, 2.05) is 12.1 Å². The lowest BCUT2D eigenvalue weighted by Crippen LogP contribution is -2.29. The van der Waals surface area contributed by atoms with E-state index >= 15 is 0 Å². The van der Waals surface area contributed by atoms with Gasteiger partial charge >= 0.3 is 0 Å². The lowest BCUT2D eigenvalue weighted by molar-refractivity contribution is -0.119. The van der Waals surface area contributed by atoms with Crippen molar-refractivity contribution in [1.82, 2.24) is 20.4 Å². The highest BCUT2D eigenvalue weighted by atomic mass is 16.5. The first kappa shape index (κ1) is 15.7. The van der Waals surface area contributed by atoms with Crippen molar-refractivity contribution in [3.63, 3.8) is 0 Å². The average Bonchev–Trinajstić information content (AvgIpc) is 3.03. The van der Waals surface area contributed by atoms with Crippen LogP contribution in [0.5, 0.6) is 0 Å². The Balaban J connectivity index is 1.68. The minimum Gasteiger partial charge on any atom is -0.347 e. The van der Waals surface area contributed by atoms with Gasteiger partial charge in [-0.05, 0) is 37.6 Å². The Morgan fingerprint density at radius 2 is 2.13 bits per heavy atom. The van der Waals surface area contributed by atoms with Crippen LogP contribution in [0, 0.1) is 0 Å². The summed E-state index contributed by atoms with van der Waals surface area (Å²) in [5.41, 5.74) is 2.20. The number of amides is 1. The van der Waals surface area contributed by atoms with Crippen LogP contribution < -0.4 is 5.32 Å². The summed E-state index contributed by atoms with van der Waals surface area (Å²) >= 11 is 0. The van der Waals surface area contributed by atoms with Crippen LogP contribution in [-0.4, -0.2) is 34.0 Å². The van der Waals surface area contributed by atoms with Crippen LogP contribution in [0.25, 0.3) is 11.4 Å². The van der Waals surface area contributed by atoms with Gasteiger partial charge in [0.2, 0.25) is 17.6 Å². The fourth-order valence-corrected chi connectivity index (χ4v) is 2.83. The zero-order chi connectivity index (χ0) is 16.1. The number of carbonyl (C=O) groups is 1. The van der Waals surface area contributed by atoms with Crippen molar-refractivity contribution in [1.29, 1.82) is 0 Å². The van der Waals surface area contributed by atoms with Gasteiger partial charge in [-0.2, -0.15) is 4.98 Å². The van der Waals surface area contributed by atoms with E-state index in [0.29, 0.717) is 11.7 Å². The van der Waals surface area contributed by atoms with E-state index in [9.17, 15) is 4.79 Å². The molecule has 1 fully saturated rings. The highest BCUT2D eigenvalue weighted by Gasteiger charge is 2.12. The lowest BCUT2D eigenvalue weighted by atomic mass is 10.1. The molecule has 2 heterocycles. The third-order valence-corrected chi connectivity index (χ3v) is 4.00. The van der Waals surface area contributed by atoms with E-state index in [1.165, 1.54) is 44.8 Å². The Morgan fingerprint density at radius 3 is 2.91 bits per heavy atom. The van der Waals surface area contributed by atoms with Gasteiger partial charge in [0.05, 0.1) is 6.54 Å². The SMILES string of the molecule is CC(=O)NCc1nc(-c2cccc(CN3CCCCC3)c2)no1. The van der Waals surface area contributed by atoms with E-state index < -0.39 is 0 Å². The fourth-order valence-electron chi connectivity index (χ4n) is 2.83. The van der Waals surface area contributed by atoms with Crippen LogP contribution in [0.2, 0.25) is 0 Å². The van der Waals surface area contributed by atoms with Crippen LogP contribution in [0.15, 0.2) is 28.8 Å². The Labute approximate surface area is 135 Å². The third kappa shape index (κ3) is 4.39. The van der Waals surface area contributed by atoms with Crippen molar-refractivity contribution in [2.24, 2.45) is 0 Å². The summed E-state index contributed by atoms with van der Waals surface area (Å²) < 4.78 is 5.17. The Bertz CT molecular complexity index is 662. The van der Waals surface area contributed by atoms with Crippen molar-refractivity contribution in [3.05, 3.63) is 35.7 Å². The summed E-state index contributed by atoms with van der Waals surface area (Å²) in [4.78, 5) is 17.7. The smallest absolute Gasteiger partial charge is 0.246 e. The number of piperidine rings is 1. The minimum absolute atomic E-state index is 0.117. The molecule has 0 aliphatic carbocycles. The average molecular weight is 314 g/mol. The van der Waals surface area contributed by atoms with Crippen LogP contribution >= 0.6 is 0 Å². The van der Waals surface area contributed by atoms with E-state index in [0.717, 1.165) is 12.1 Å². The molecule has 2 aromatic rings. The predicted octanol–water partition coefficient (Wildman–Crippen LogP) is 2.36. The quantitative estimate of drug-likeness (QED) is 0.917. The molecule has 6 heteroatoms. The van der Waals surface area contributed by atoms with Crippen molar-refractivity contribution >= 4 is 5.91 Å². The summed E-state index contributed by atoms with van der Waals surface area (Å²) in [6, 6.07) is 8.25. The molecule has 0 spiro atoms. The highest BCUT2D eigenvalue weighted by molar-refractivity contribution is 5.72. The summed E-state index contributed by atoms with van der Waals surface area (Å²) in [6.45, 7) is 5.03. The normalized spacial score (nSPS) is 15.5. The number of nitrogens with one attached hydrogen (secondary N) is 1. The lowest BCUT2D eigenvalue weighted by Gasteiger charge is -2.26. The molecule has 0 unspecified atom stereocenters. The maximum Gasteiger partial charge on any atom is 0.246 e. The summed E-state index contributed by atoms with van der Waals surface area (Å²) in [5.74, 6) is 0.857. The van der Waals surface area contributed by atoms with E-state index in [-0.39, 0.29) is 12.5 Å². The van der Waals surface area contributed by atoms with Crippen LogP contribution in [0.4, 0.5) is 0 Å². The van der Waals surface area contributed by atoms with Gasteiger partial charge in [0, 0.05) is 19.0 Å². The van der Waals surface area contributed by atoms with Gasteiger partial charge in [0.1, 0.15) is 0 Å². The first-order chi connectivity index (χ1) is 11.2. The Morgan fingerprint density at radius 1 is 1.30 bits per heavy atom. The van der Waals surface area contributed by atoms with E-state index in [4.69, 9.17) is 4.52 Å². The number of hydrogen-bond acceptors (Lipinski definition) is 5. The highest BCUT2D eigenvalue weighted by Crippen LogP contribution is 2.19. The molecule has 3 rings (SSSR count). The van der Waals surface area contributed by atoms with E-state index in [1.54, 1.807) is 0 Å². The molecule has 1 aliphatic rings. The van der Waals surface area contributed by atoms with Crippen molar-refractivity contribution in [2.45, 2.75) is 39.3 Å². The van der Waals surface area contributed by atoms with Gasteiger partial charge in [0.25, 0.3) is 0 Å². The van der Waals surface area contributed by atoms with Crippen LogP contribution in [0.3, 0.4) is 0 Å². The number of aromatic nitrogens is 2. The number of rotatable bonds is 5. The summed E-state index contributed by atoms with van der Waals surface area (Å²) in [7, 11) is 0.